The van der Waals surface area contributed by atoms with Crippen LogP contribution >= 0.6 is 23.6 Å². The van der Waals surface area contributed by atoms with Gasteiger partial charge >= 0.3 is 0 Å². The van der Waals surface area contributed by atoms with Crippen molar-refractivity contribution in [3.05, 3.63) is 105 Å². The third kappa shape index (κ3) is 4.40. The molecular formula is C25H21FN4OS2. The molecule has 0 fully saturated rings. The largest absolute Gasteiger partial charge is 0.497 e. The highest BCUT2D eigenvalue weighted by Gasteiger charge is 2.28. The minimum atomic E-state index is -0.258. The summed E-state index contributed by atoms with van der Waals surface area (Å²) in [7, 11) is 1.65. The average Bonchev–Trinajstić information content (AvgIpc) is 3.20. The monoisotopic (exact) mass is 476 g/mol. The molecule has 0 radical (unpaired) electrons. The van der Waals surface area contributed by atoms with Crippen molar-refractivity contribution >= 4 is 35.2 Å². The van der Waals surface area contributed by atoms with E-state index in [1.165, 1.54) is 23.5 Å². The minimum absolute atomic E-state index is 0.214. The molecule has 0 bridgehead atoms. The molecule has 0 spiro atoms. The predicted molar refractivity (Wildman–Crippen MR) is 134 cm³/mol. The number of fused-ring (bicyclic) bond motifs is 1. The van der Waals surface area contributed by atoms with Gasteiger partial charge in [0.15, 0.2) is 3.95 Å². The molecule has 3 aromatic carbocycles. The van der Waals surface area contributed by atoms with E-state index in [1.807, 2.05) is 59.2 Å². The summed E-state index contributed by atoms with van der Waals surface area (Å²) in [6.45, 7) is 0.424. The SMILES string of the molecule is COc1ccc(C2NC(=NCc3ccc(F)cc3)c3sc(=S)n(-c4ccccc4)c3N2)cc1. The molecule has 1 atom stereocenters. The van der Waals surface area contributed by atoms with Gasteiger partial charge < -0.3 is 15.4 Å². The predicted octanol–water partition coefficient (Wildman–Crippen LogP) is 6.08. The molecule has 1 aliphatic heterocycles. The van der Waals surface area contributed by atoms with Crippen molar-refractivity contribution in [1.82, 2.24) is 9.88 Å². The van der Waals surface area contributed by atoms with Gasteiger partial charge in [-0.1, -0.05) is 53.8 Å². The van der Waals surface area contributed by atoms with Crippen LogP contribution in [-0.4, -0.2) is 17.5 Å². The Hall–Kier alpha value is -3.49. The van der Waals surface area contributed by atoms with Crippen molar-refractivity contribution in [2.45, 2.75) is 12.7 Å². The van der Waals surface area contributed by atoms with Crippen molar-refractivity contribution in [3.63, 3.8) is 0 Å². The Morgan fingerprint density at radius 2 is 1.73 bits per heavy atom. The summed E-state index contributed by atoms with van der Waals surface area (Å²) in [5, 5.41) is 7.11. The first kappa shape index (κ1) is 21.4. The second kappa shape index (κ2) is 9.17. The number of ether oxygens (including phenoxy) is 1. The number of anilines is 1. The highest BCUT2D eigenvalue weighted by Crippen LogP contribution is 2.35. The highest BCUT2D eigenvalue weighted by molar-refractivity contribution is 7.73. The fraction of sp³-hybridized carbons (Fsp3) is 0.120. The molecule has 1 unspecified atom stereocenters. The first-order valence-electron chi connectivity index (χ1n) is 10.4. The average molecular weight is 477 g/mol. The molecule has 166 valence electrons. The maximum absolute atomic E-state index is 13.3. The number of aromatic nitrogens is 1. The lowest BCUT2D eigenvalue weighted by atomic mass is 10.1. The third-order valence-corrected chi connectivity index (χ3v) is 6.76. The Morgan fingerprint density at radius 1 is 1.00 bits per heavy atom. The minimum Gasteiger partial charge on any atom is -0.497 e. The van der Waals surface area contributed by atoms with Gasteiger partial charge in [0.1, 0.15) is 34.3 Å². The van der Waals surface area contributed by atoms with Crippen molar-refractivity contribution < 1.29 is 9.13 Å². The molecule has 5 nitrogen and oxygen atoms in total. The van der Waals surface area contributed by atoms with Crippen LogP contribution in [0.4, 0.5) is 10.2 Å². The van der Waals surface area contributed by atoms with E-state index in [-0.39, 0.29) is 12.0 Å². The summed E-state index contributed by atoms with van der Waals surface area (Å²) < 4.78 is 21.4. The van der Waals surface area contributed by atoms with Crippen molar-refractivity contribution in [2.24, 2.45) is 4.99 Å². The van der Waals surface area contributed by atoms with Gasteiger partial charge in [-0.15, -0.1) is 0 Å². The van der Waals surface area contributed by atoms with E-state index >= 15 is 0 Å². The normalized spacial score (nSPS) is 16.1. The second-order valence-corrected chi connectivity index (χ2v) is 9.15. The van der Waals surface area contributed by atoms with E-state index in [9.17, 15) is 4.39 Å². The number of nitrogens with one attached hydrogen (secondary N) is 2. The van der Waals surface area contributed by atoms with Crippen LogP contribution in [0.25, 0.3) is 5.69 Å². The van der Waals surface area contributed by atoms with Crippen LogP contribution < -0.4 is 15.4 Å². The quantitative estimate of drug-likeness (QED) is 0.343. The maximum Gasteiger partial charge on any atom is 0.168 e. The molecule has 2 heterocycles. The van der Waals surface area contributed by atoms with Crippen LogP contribution in [0.1, 0.15) is 22.2 Å². The summed E-state index contributed by atoms with van der Waals surface area (Å²) >= 11 is 7.24. The Bertz CT molecular complexity index is 1350. The van der Waals surface area contributed by atoms with Gasteiger partial charge in [0.05, 0.1) is 13.7 Å². The molecule has 4 aromatic rings. The molecule has 1 aromatic heterocycles. The van der Waals surface area contributed by atoms with Gasteiger partial charge in [-0.2, -0.15) is 0 Å². The molecule has 1 aliphatic rings. The first-order valence-corrected chi connectivity index (χ1v) is 11.6. The lowest BCUT2D eigenvalue weighted by Crippen LogP contribution is -2.39. The molecule has 33 heavy (non-hydrogen) atoms. The molecular weight excluding hydrogens is 455 g/mol. The standard InChI is InChI=1S/C25H21FN4OS2/c1-31-20-13-9-17(10-14-20)22-28-23(27-15-16-7-11-18(26)12-8-16)21-24(29-22)30(25(32)33-21)19-5-3-2-4-6-19/h2-14,22,29H,15H2,1H3,(H,27,28). The number of halogens is 1. The summed E-state index contributed by atoms with van der Waals surface area (Å²) in [6, 6.07) is 24.3. The number of hydrogen-bond donors (Lipinski definition) is 2. The van der Waals surface area contributed by atoms with Crippen LogP contribution in [0.5, 0.6) is 5.75 Å². The smallest absolute Gasteiger partial charge is 0.168 e. The number of thiazole rings is 1. The number of methoxy groups -OCH3 is 1. The first-order chi connectivity index (χ1) is 16.1. The van der Waals surface area contributed by atoms with Gasteiger partial charge in [0.2, 0.25) is 0 Å². The summed E-state index contributed by atoms with van der Waals surface area (Å²) in [5.41, 5.74) is 2.95. The van der Waals surface area contributed by atoms with Crippen LogP contribution in [0.2, 0.25) is 0 Å². The number of benzene rings is 3. The van der Waals surface area contributed by atoms with E-state index < -0.39 is 0 Å². The second-order valence-electron chi connectivity index (χ2n) is 7.50. The number of rotatable bonds is 5. The Kier molecular flexibility index (Phi) is 5.93. The summed E-state index contributed by atoms with van der Waals surface area (Å²) in [6.07, 6.45) is -0.214. The maximum atomic E-state index is 13.3. The number of hydrogen-bond acceptors (Lipinski definition) is 5. The van der Waals surface area contributed by atoms with Crippen LogP contribution in [0, 0.1) is 9.77 Å². The van der Waals surface area contributed by atoms with Gasteiger partial charge in [0, 0.05) is 5.69 Å². The molecule has 0 amide bonds. The van der Waals surface area contributed by atoms with Gasteiger partial charge in [-0.3, -0.25) is 9.56 Å². The Morgan fingerprint density at radius 3 is 2.42 bits per heavy atom. The molecule has 2 N–H and O–H groups in total. The Balaban J connectivity index is 1.57. The zero-order chi connectivity index (χ0) is 22.8. The van der Waals surface area contributed by atoms with E-state index in [1.54, 1.807) is 19.2 Å². The van der Waals surface area contributed by atoms with E-state index in [4.69, 9.17) is 21.9 Å². The molecule has 0 aliphatic carbocycles. The molecule has 0 saturated carbocycles. The zero-order valence-corrected chi connectivity index (χ0v) is 19.4. The topological polar surface area (TPSA) is 50.6 Å². The van der Waals surface area contributed by atoms with Crippen molar-refractivity contribution in [2.75, 3.05) is 12.4 Å². The molecule has 5 rings (SSSR count). The van der Waals surface area contributed by atoms with Crippen LogP contribution in [-0.2, 0) is 6.54 Å². The van der Waals surface area contributed by atoms with E-state index in [0.29, 0.717) is 6.54 Å². The van der Waals surface area contributed by atoms with Gasteiger partial charge in [-0.05, 0) is 59.7 Å². The number of aliphatic imine (C=N–C) groups is 1. The zero-order valence-electron chi connectivity index (χ0n) is 17.8. The van der Waals surface area contributed by atoms with Crippen LogP contribution in [0.3, 0.4) is 0 Å². The fourth-order valence-corrected chi connectivity index (χ4v) is 5.07. The highest BCUT2D eigenvalue weighted by atomic mass is 32.1. The number of nitrogens with zero attached hydrogens (tertiary/aromatic N) is 2. The van der Waals surface area contributed by atoms with Gasteiger partial charge in [-0.25, -0.2) is 4.39 Å². The molecule has 0 saturated heterocycles. The Labute approximate surface area is 200 Å². The van der Waals surface area contributed by atoms with E-state index in [2.05, 4.69) is 10.6 Å². The number of amidine groups is 1. The molecule has 8 heteroatoms. The lowest BCUT2D eigenvalue weighted by molar-refractivity contribution is 0.414. The summed E-state index contributed by atoms with van der Waals surface area (Å²) in [4.78, 5) is 5.79. The fourth-order valence-electron chi connectivity index (χ4n) is 3.69. The van der Waals surface area contributed by atoms with E-state index in [0.717, 1.165) is 43.0 Å². The van der Waals surface area contributed by atoms with Crippen molar-refractivity contribution in [1.29, 1.82) is 0 Å². The van der Waals surface area contributed by atoms with Crippen molar-refractivity contribution in [3.8, 4) is 11.4 Å². The number of para-hydroxylation sites is 1. The lowest BCUT2D eigenvalue weighted by Gasteiger charge is -2.29. The third-order valence-electron chi connectivity index (χ3n) is 5.38. The summed E-state index contributed by atoms with van der Waals surface area (Å²) in [5.74, 6) is 2.18. The van der Waals surface area contributed by atoms with Crippen LogP contribution in [0.15, 0.2) is 83.9 Å². The van der Waals surface area contributed by atoms with Gasteiger partial charge in [0.25, 0.3) is 0 Å².